The second-order valence-corrected chi connectivity index (χ2v) is 13.9. The summed E-state index contributed by atoms with van der Waals surface area (Å²) in [4.78, 5) is 0. The maximum absolute atomic E-state index is 10.8. The molecule has 0 fully saturated rings. The second kappa shape index (κ2) is 11.7. The number of aliphatic hydroxyl groups excluding tert-OH is 1. The van der Waals surface area contributed by atoms with Gasteiger partial charge in [-0.25, -0.2) is 0 Å². The van der Waals surface area contributed by atoms with Crippen molar-refractivity contribution in [2.45, 2.75) is 109 Å². The van der Waals surface area contributed by atoms with Gasteiger partial charge in [-0.15, -0.1) is 0 Å². The standard InChI is InChI=1S/C20H44O4Si/c1-10-11-12-13-19(21)20(8,23-15-22-9)14-24-25(16(2)3,17(4)5)18(6)7/h16-19,21H,10-15H2,1-9H3/t19-,20+/m1/s1. The third-order valence-electron chi connectivity index (χ3n) is 5.61. The second-order valence-electron chi connectivity index (χ2n) is 8.48. The maximum Gasteiger partial charge on any atom is 0.200 e. The van der Waals surface area contributed by atoms with Crippen molar-refractivity contribution in [1.29, 1.82) is 0 Å². The monoisotopic (exact) mass is 376 g/mol. The molecule has 0 saturated heterocycles. The lowest BCUT2D eigenvalue weighted by molar-refractivity contribution is -0.184. The lowest BCUT2D eigenvalue weighted by atomic mass is 9.95. The Labute approximate surface area is 157 Å². The van der Waals surface area contributed by atoms with E-state index in [4.69, 9.17) is 13.9 Å². The van der Waals surface area contributed by atoms with Gasteiger partial charge in [-0.3, -0.25) is 0 Å². The van der Waals surface area contributed by atoms with E-state index in [1.54, 1.807) is 7.11 Å². The average molecular weight is 377 g/mol. The van der Waals surface area contributed by atoms with Crippen LogP contribution in [0.2, 0.25) is 16.6 Å². The van der Waals surface area contributed by atoms with E-state index in [1.807, 2.05) is 6.92 Å². The van der Waals surface area contributed by atoms with Gasteiger partial charge in [0.05, 0.1) is 12.7 Å². The minimum atomic E-state index is -1.99. The third kappa shape index (κ3) is 6.94. The first kappa shape index (κ1) is 25.1. The van der Waals surface area contributed by atoms with Crippen LogP contribution in [0.1, 0.15) is 81.1 Å². The molecule has 0 amide bonds. The molecule has 4 nitrogen and oxygen atoms in total. The molecule has 25 heavy (non-hydrogen) atoms. The van der Waals surface area contributed by atoms with Crippen LogP contribution in [0.15, 0.2) is 0 Å². The van der Waals surface area contributed by atoms with Gasteiger partial charge in [0.1, 0.15) is 12.4 Å². The van der Waals surface area contributed by atoms with E-state index in [0.29, 0.717) is 23.2 Å². The molecule has 0 bridgehead atoms. The molecule has 0 aliphatic carbocycles. The Kier molecular flexibility index (Phi) is 11.7. The van der Waals surface area contributed by atoms with Crippen LogP contribution in [-0.4, -0.2) is 45.6 Å². The molecule has 0 aliphatic rings. The molecule has 1 N–H and O–H groups in total. The van der Waals surface area contributed by atoms with E-state index >= 15 is 0 Å². The van der Waals surface area contributed by atoms with Crippen molar-refractivity contribution in [3.05, 3.63) is 0 Å². The zero-order valence-corrected chi connectivity index (χ0v) is 19.2. The molecule has 152 valence electrons. The van der Waals surface area contributed by atoms with Crippen LogP contribution in [0.3, 0.4) is 0 Å². The summed E-state index contributed by atoms with van der Waals surface area (Å²) in [6, 6.07) is 0. The van der Waals surface area contributed by atoms with E-state index in [0.717, 1.165) is 25.7 Å². The normalized spacial score (nSPS) is 16.7. The molecule has 0 saturated carbocycles. The number of hydrogen-bond acceptors (Lipinski definition) is 4. The summed E-state index contributed by atoms with van der Waals surface area (Å²) in [7, 11) is -0.381. The minimum Gasteiger partial charge on any atom is -0.413 e. The van der Waals surface area contributed by atoms with Crippen LogP contribution >= 0.6 is 0 Å². The lowest BCUT2D eigenvalue weighted by Crippen LogP contribution is -2.54. The van der Waals surface area contributed by atoms with E-state index < -0.39 is 20.0 Å². The topological polar surface area (TPSA) is 47.9 Å². The van der Waals surface area contributed by atoms with Gasteiger partial charge in [-0.1, -0.05) is 67.7 Å². The van der Waals surface area contributed by atoms with Crippen molar-refractivity contribution >= 4 is 8.32 Å². The number of ether oxygens (including phenoxy) is 2. The first-order chi connectivity index (χ1) is 11.6. The van der Waals surface area contributed by atoms with Crippen molar-refractivity contribution in [2.75, 3.05) is 20.5 Å². The first-order valence-electron chi connectivity index (χ1n) is 10.0. The fourth-order valence-electron chi connectivity index (χ4n) is 4.09. The minimum absolute atomic E-state index is 0.171. The lowest BCUT2D eigenvalue weighted by Gasteiger charge is -2.45. The van der Waals surface area contributed by atoms with E-state index in [9.17, 15) is 5.11 Å². The Morgan fingerprint density at radius 1 is 0.960 bits per heavy atom. The largest absolute Gasteiger partial charge is 0.413 e. The molecular weight excluding hydrogens is 332 g/mol. The Balaban J connectivity index is 5.27. The van der Waals surface area contributed by atoms with Crippen LogP contribution in [0.25, 0.3) is 0 Å². The first-order valence-corrected chi connectivity index (χ1v) is 12.2. The fraction of sp³-hybridized carbons (Fsp3) is 1.00. The summed E-state index contributed by atoms with van der Waals surface area (Å²) < 4.78 is 17.7. The summed E-state index contributed by atoms with van der Waals surface area (Å²) in [5, 5.41) is 10.8. The summed E-state index contributed by atoms with van der Waals surface area (Å²) in [5.74, 6) is 0. The van der Waals surface area contributed by atoms with Crippen molar-refractivity contribution in [2.24, 2.45) is 0 Å². The molecule has 0 heterocycles. The van der Waals surface area contributed by atoms with Crippen molar-refractivity contribution in [1.82, 2.24) is 0 Å². The molecule has 0 spiro atoms. The number of rotatable bonds is 14. The third-order valence-corrected chi connectivity index (χ3v) is 11.7. The van der Waals surface area contributed by atoms with Crippen LogP contribution in [-0.2, 0) is 13.9 Å². The quantitative estimate of drug-likeness (QED) is 0.247. The summed E-state index contributed by atoms with van der Waals surface area (Å²) >= 11 is 0. The highest BCUT2D eigenvalue weighted by Gasteiger charge is 2.47. The molecule has 0 radical (unpaired) electrons. The predicted molar refractivity (Wildman–Crippen MR) is 109 cm³/mol. The highest BCUT2D eigenvalue weighted by molar-refractivity contribution is 6.77. The van der Waals surface area contributed by atoms with Crippen LogP contribution in [0, 0.1) is 0 Å². The summed E-state index contributed by atoms with van der Waals surface area (Å²) in [6.45, 7) is 18.4. The molecular formula is C20H44O4Si. The molecule has 0 unspecified atom stereocenters. The fourth-order valence-corrected chi connectivity index (χ4v) is 9.63. The predicted octanol–water partition coefficient (Wildman–Crippen LogP) is 5.50. The van der Waals surface area contributed by atoms with Gasteiger partial charge in [0.15, 0.2) is 8.32 Å². The van der Waals surface area contributed by atoms with Crippen molar-refractivity contribution < 1.29 is 19.0 Å². The van der Waals surface area contributed by atoms with E-state index in [1.165, 1.54) is 0 Å². The van der Waals surface area contributed by atoms with Gasteiger partial charge in [0.2, 0.25) is 0 Å². The molecule has 0 aromatic carbocycles. The van der Waals surface area contributed by atoms with Crippen LogP contribution in [0.4, 0.5) is 0 Å². The molecule has 5 heteroatoms. The van der Waals surface area contributed by atoms with E-state index in [2.05, 4.69) is 48.5 Å². The summed E-state index contributed by atoms with van der Waals surface area (Å²) in [5.41, 5.74) is 0.796. The Morgan fingerprint density at radius 3 is 1.88 bits per heavy atom. The summed E-state index contributed by atoms with van der Waals surface area (Å²) in [6.07, 6.45) is 3.46. The van der Waals surface area contributed by atoms with Gasteiger partial charge in [-0.05, 0) is 30.0 Å². The van der Waals surface area contributed by atoms with Gasteiger partial charge in [-0.2, -0.15) is 0 Å². The zero-order chi connectivity index (χ0) is 19.7. The molecule has 2 atom stereocenters. The Bertz CT molecular complexity index is 325. The highest BCUT2D eigenvalue weighted by atomic mass is 28.4. The van der Waals surface area contributed by atoms with E-state index in [-0.39, 0.29) is 6.79 Å². The molecule has 0 aromatic heterocycles. The Morgan fingerprint density at radius 2 is 1.48 bits per heavy atom. The van der Waals surface area contributed by atoms with Crippen LogP contribution in [0.5, 0.6) is 0 Å². The molecule has 0 rings (SSSR count). The van der Waals surface area contributed by atoms with Crippen molar-refractivity contribution in [3.63, 3.8) is 0 Å². The SMILES string of the molecule is CCCCC[C@@H](O)[C@](C)(CO[Si](C(C)C)(C(C)C)C(C)C)OCOC. The van der Waals surface area contributed by atoms with Crippen LogP contribution < -0.4 is 0 Å². The number of aliphatic hydroxyl groups is 1. The smallest absolute Gasteiger partial charge is 0.200 e. The van der Waals surface area contributed by atoms with Gasteiger partial charge in [0, 0.05) is 7.11 Å². The number of unbranched alkanes of at least 4 members (excludes halogenated alkanes) is 2. The highest BCUT2D eigenvalue weighted by Crippen LogP contribution is 2.43. The molecule has 0 aliphatic heterocycles. The molecule has 0 aromatic rings. The average Bonchev–Trinajstić information content (AvgIpc) is 2.52. The zero-order valence-electron chi connectivity index (χ0n) is 18.2. The van der Waals surface area contributed by atoms with Crippen molar-refractivity contribution in [3.8, 4) is 0 Å². The van der Waals surface area contributed by atoms with Gasteiger partial charge >= 0.3 is 0 Å². The van der Waals surface area contributed by atoms with Gasteiger partial charge in [0.25, 0.3) is 0 Å². The van der Waals surface area contributed by atoms with Gasteiger partial charge < -0.3 is 19.0 Å². The maximum atomic E-state index is 10.8. The Hall–Kier alpha value is 0.0569. The number of hydrogen-bond donors (Lipinski definition) is 1. The number of methoxy groups -OCH3 is 1.